The number of aliphatic imine (C=N–C) groups is 2. The molecule has 1 aliphatic heterocycles. The highest BCUT2D eigenvalue weighted by molar-refractivity contribution is 6.04. The molecule has 0 bridgehead atoms. The molecule has 0 atom stereocenters. The fraction of sp³-hybridized carbons (Fsp3) is 0.276. The molecular formula is C29H33N9O3. The number of amides is 1. The number of rotatable bonds is 8. The Morgan fingerprint density at radius 2 is 2.10 bits per heavy atom. The van der Waals surface area contributed by atoms with E-state index < -0.39 is 5.60 Å². The summed E-state index contributed by atoms with van der Waals surface area (Å²) in [5.41, 5.74) is 7.98. The van der Waals surface area contributed by atoms with Crippen molar-refractivity contribution in [2.75, 3.05) is 26.7 Å². The summed E-state index contributed by atoms with van der Waals surface area (Å²) in [5, 5.41) is 18.7. The van der Waals surface area contributed by atoms with Gasteiger partial charge in [0.15, 0.2) is 11.5 Å². The number of piperidine rings is 1. The Labute approximate surface area is 237 Å². The standard InChI is InChI=1S/C29H33N9O3/c1-20-16-21(5-6-24(20)41-22-8-13-38-25(17-22)34-19-35-38)36-28(33-18-30)27-23(7-12-32-27)29(40)9-14-37(15-10-29)26(39)4-3-11-31-2/h3-8,12-13,16-19,31-32,40H,9-11,14-15H2,1-2H3,(H2,30,33,36)/b4-3+. The number of carbonyl (C=O) groups excluding carboxylic acids is 1. The second-order valence-electron chi connectivity index (χ2n) is 9.77. The van der Waals surface area contributed by atoms with E-state index in [0.29, 0.717) is 72.4 Å². The normalized spacial score (nSPS) is 15.8. The van der Waals surface area contributed by atoms with E-state index in [2.05, 4.69) is 25.4 Å². The average molecular weight is 556 g/mol. The molecule has 1 saturated heterocycles. The smallest absolute Gasteiger partial charge is 0.246 e. The minimum Gasteiger partial charge on any atom is -0.457 e. The lowest BCUT2D eigenvalue weighted by atomic mass is 9.84. The number of likely N-dealkylation sites (N-methyl/N-ethyl adjacent to an activating group) is 1. The van der Waals surface area contributed by atoms with Crippen LogP contribution in [-0.2, 0) is 10.4 Å². The molecule has 4 aromatic rings. The van der Waals surface area contributed by atoms with Crippen LogP contribution < -0.4 is 15.8 Å². The van der Waals surface area contributed by atoms with Gasteiger partial charge >= 0.3 is 0 Å². The molecular weight excluding hydrogens is 522 g/mol. The molecule has 5 rings (SSSR count). The molecule has 0 saturated carbocycles. The summed E-state index contributed by atoms with van der Waals surface area (Å²) in [6.45, 7) is 3.42. The van der Waals surface area contributed by atoms with Gasteiger partial charge in [-0.15, -0.1) is 0 Å². The molecule has 12 heteroatoms. The highest BCUT2D eigenvalue weighted by Gasteiger charge is 2.38. The van der Waals surface area contributed by atoms with Crippen molar-refractivity contribution in [3.63, 3.8) is 0 Å². The number of hydrogen-bond donors (Lipinski definition) is 4. The molecule has 1 fully saturated rings. The number of aliphatic hydroxyl groups is 1. The molecule has 0 spiro atoms. The first kappa shape index (κ1) is 27.7. The van der Waals surface area contributed by atoms with Crippen molar-refractivity contribution in [3.05, 3.63) is 84.1 Å². The zero-order valence-corrected chi connectivity index (χ0v) is 23.0. The lowest BCUT2D eigenvalue weighted by Crippen LogP contribution is -2.45. The number of nitrogens with two attached hydrogens (primary N) is 1. The van der Waals surface area contributed by atoms with Crippen molar-refractivity contribution in [2.45, 2.75) is 25.4 Å². The summed E-state index contributed by atoms with van der Waals surface area (Å²) < 4.78 is 7.74. The van der Waals surface area contributed by atoms with Gasteiger partial charge in [0.05, 0.1) is 23.3 Å². The number of aromatic nitrogens is 4. The molecule has 1 amide bonds. The van der Waals surface area contributed by atoms with Crippen LogP contribution in [0.2, 0.25) is 0 Å². The van der Waals surface area contributed by atoms with Crippen LogP contribution in [0.1, 0.15) is 29.7 Å². The third kappa shape index (κ3) is 6.18. The number of fused-ring (bicyclic) bond motifs is 1. The van der Waals surface area contributed by atoms with E-state index in [1.807, 2.05) is 50.4 Å². The molecule has 212 valence electrons. The van der Waals surface area contributed by atoms with Gasteiger partial charge in [-0.3, -0.25) is 4.79 Å². The summed E-state index contributed by atoms with van der Waals surface area (Å²) >= 11 is 0. The Hall–Kier alpha value is -4.81. The molecule has 1 aromatic carbocycles. The van der Waals surface area contributed by atoms with Gasteiger partial charge in [0.1, 0.15) is 17.8 Å². The number of carbonyl (C=O) groups is 1. The number of aromatic amines is 1. The van der Waals surface area contributed by atoms with Gasteiger partial charge in [-0.05, 0) is 62.7 Å². The topological polar surface area (TPSA) is 159 Å². The van der Waals surface area contributed by atoms with E-state index in [1.165, 1.54) is 12.7 Å². The monoisotopic (exact) mass is 555 g/mol. The number of H-pyrrole nitrogens is 1. The number of aryl methyl sites for hydroxylation is 1. The quantitative estimate of drug-likeness (QED) is 0.148. The minimum atomic E-state index is -1.15. The molecule has 1 aliphatic rings. The van der Waals surface area contributed by atoms with Crippen LogP contribution in [0, 0.1) is 6.92 Å². The summed E-state index contributed by atoms with van der Waals surface area (Å²) in [6.07, 6.45) is 10.3. The molecule has 41 heavy (non-hydrogen) atoms. The van der Waals surface area contributed by atoms with E-state index >= 15 is 0 Å². The van der Waals surface area contributed by atoms with Crippen LogP contribution in [0.25, 0.3) is 5.65 Å². The molecule has 4 heterocycles. The second-order valence-corrected chi connectivity index (χ2v) is 9.77. The number of hydrogen-bond acceptors (Lipinski definition) is 7. The fourth-order valence-electron chi connectivity index (χ4n) is 4.84. The lowest BCUT2D eigenvalue weighted by molar-refractivity contribution is -0.130. The summed E-state index contributed by atoms with van der Waals surface area (Å²) in [7, 11) is 1.82. The van der Waals surface area contributed by atoms with Gasteiger partial charge < -0.3 is 30.8 Å². The van der Waals surface area contributed by atoms with E-state index in [1.54, 1.807) is 34.0 Å². The molecule has 0 radical (unpaired) electrons. The Kier molecular flexibility index (Phi) is 8.22. The number of pyridine rings is 1. The number of ether oxygens (including phenoxy) is 1. The number of likely N-dealkylation sites (tertiary alicyclic amines) is 1. The maximum absolute atomic E-state index is 12.5. The molecule has 5 N–H and O–H groups in total. The van der Waals surface area contributed by atoms with E-state index in [4.69, 9.17) is 15.5 Å². The minimum absolute atomic E-state index is 0.0616. The second kappa shape index (κ2) is 12.1. The van der Waals surface area contributed by atoms with Crippen molar-refractivity contribution in [1.29, 1.82) is 0 Å². The predicted octanol–water partition coefficient (Wildman–Crippen LogP) is 2.81. The van der Waals surface area contributed by atoms with Crippen molar-refractivity contribution in [2.24, 2.45) is 15.7 Å². The zero-order valence-electron chi connectivity index (χ0n) is 23.0. The highest BCUT2D eigenvalue weighted by atomic mass is 16.5. The summed E-state index contributed by atoms with van der Waals surface area (Å²) in [4.78, 5) is 30.7. The third-order valence-electron chi connectivity index (χ3n) is 7.03. The third-order valence-corrected chi connectivity index (χ3v) is 7.03. The fourth-order valence-corrected chi connectivity index (χ4v) is 4.84. The highest BCUT2D eigenvalue weighted by Crippen LogP contribution is 2.36. The summed E-state index contributed by atoms with van der Waals surface area (Å²) in [6, 6.07) is 11.0. The molecule has 0 unspecified atom stereocenters. The lowest BCUT2D eigenvalue weighted by Gasteiger charge is -2.38. The predicted molar refractivity (Wildman–Crippen MR) is 157 cm³/mol. The summed E-state index contributed by atoms with van der Waals surface area (Å²) in [5.74, 6) is 1.59. The van der Waals surface area contributed by atoms with E-state index in [0.717, 1.165) is 5.56 Å². The van der Waals surface area contributed by atoms with Crippen molar-refractivity contribution in [1.82, 2.24) is 29.8 Å². The van der Waals surface area contributed by atoms with Crippen molar-refractivity contribution in [3.8, 4) is 11.5 Å². The SMILES string of the molecule is CNC/C=C/C(=O)N1CCC(O)(c2cc[nH]c2C(N=CN)=Nc2ccc(Oc3ccn4ncnc4c3)c(C)c2)CC1. The molecule has 3 aromatic heterocycles. The number of nitrogens with zero attached hydrogens (tertiary/aromatic N) is 6. The van der Waals surface area contributed by atoms with Crippen LogP contribution >= 0.6 is 0 Å². The number of nitrogens with one attached hydrogen (secondary N) is 2. The van der Waals surface area contributed by atoms with E-state index in [-0.39, 0.29) is 5.91 Å². The van der Waals surface area contributed by atoms with Crippen molar-refractivity contribution >= 4 is 29.4 Å². The van der Waals surface area contributed by atoms with Gasteiger partial charge in [-0.2, -0.15) is 5.10 Å². The van der Waals surface area contributed by atoms with Crippen LogP contribution in [0.4, 0.5) is 5.69 Å². The molecule has 12 nitrogen and oxygen atoms in total. The Bertz CT molecular complexity index is 1610. The largest absolute Gasteiger partial charge is 0.457 e. The van der Waals surface area contributed by atoms with Crippen molar-refractivity contribution < 1.29 is 14.6 Å². The van der Waals surface area contributed by atoms with Crippen LogP contribution in [0.5, 0.6) is 11.5 Å². The Morgan fingerprint density at radius 1 is 1.27 bits per heavy atom. The maximum atomic E-state index is 12.5. The van der Waals surface area contributed by atoms with Crippen LogP contribution in [0.3, 0.4) is 0 Å². The Balaban J connectivity index is 1.34. The van der Waals surface area contributed by atoms with E-state index in [9.17, 15) is 9.90 Å². The van der Waals surface area contributed by atoms with Gasteiger partial charge in [0, 0.05) is 49.7 Å². The first-order valence-electron chi connectivity index (χ1n) is 13.3. The van der Waals surface area contributed by atoms with Gasteiger partial charge in [0.25, 0.3) is 0 Å². The van der Waals surface area contributed by atoms with Gasteiger partial charge in [-0.25, -0.2) is 19.5 Å². The number of benzene rings is 1. The zero-order chi connectivity index (χ0) is 28.8. The van der Waals surface area contributed by atoms with Gasteiger partial charge in [0.2, 0.25) is 5.91 Å². The van der Waals surface area contributed by atoms with Crippen LogP contribution in [-0.4, -0.2) is 74.4 Å². The first-order chi connectivity index (χ1) is 19.9. The first-order valence-corrected chi connectivity index (χ1v) is 13.3. The maximum Gasteiger partial charge on any atom is 0.246 e. The van der Waals surface area contributed by atoms with Gasteiger partial charge in [-0.1, -0.05) is 6.08 Å². The molecule has 0 aliphatic carbocycles. The van der Waals surface area contributed by atoms with Crippen LogP contribution in [0.15, 0.2) is 77.3 Å². The average Bonchev–Trinajstić information content (AvgIpc) is 3.65. The Morgan fingerprint density at radius 3 is 2.85 bits per heavy atom. The number of amidine groups is 1.